The lowest BCUT2D eigenvalue weighted by atomic mass is 10.1. The highest BCUT2D eigenvalue weighted by molar-refractivity contribution is 5.56. The standard InChI is InChI=1S/C14H18FN3O/c1-9-5-6-10(7-11(9)15)13-17-16-12(8-19)18(13)14(2,3)4/h5-7,19H,8H2,1-4H3. The summed E-state index contributed by atoms with van der Waals surface area (Å²) in [5, 5.41) is 17.4. The fourth-order valence-electron chi connectivity index (χ4n) is 2.04. The highest BCUT2D eigenvalue weighted by atomic mass is 19.1. The Kier molecular flexibility index (Phi) is 3.41. The lowest BCUT2D eigenvalue weighted by molar-refractivity contribution is 0.250. The molecule has 1 aromatic heterocycles. The maximum Gasteiger partial charge on any atom is 0.164 e. The van der Waals surface area contributed by atoms with E-state index in [4.69, 9.17) is 0 Å². The zero-order chi connectivity index (χ0) is 14.2. The summed E-state index contributed by atoms with van der Waals surface area (Å²) in [7, 11) is 0. The summed E-state index contributed by atoms with van der Waals surface area (Å²) in [6.45, 7) is 7.49. The first-order valence-electron chi connectivity index (χ1n) is 6.16. The van der Waals surface area contributed by atoms with Gasteiger partial charge in [0.2, 0.25) is 0 Å². The SMILES string of the molecule is Cc1ccc(-c2nnc(CO)n2C(C)(C)C)cc1F. The second-order valence-corrected chi connectivity index (χ2v) is 5.57. The number of rotatable bonds is 2. The van der Waals surface area contributed by atoms with Crippen molar-refractivity contribution in [3.05, 3.63) is 35.4 Å². The molecule has 0 radical (unpaired) electrons. The van der Waals surface area contributed by atoms with Gasteiger partial charge in [0.05, 0.1) is 0 Å². The van der Waals surface area contributed by atoms with Crippen LogP contribution in [-0.4, -0.2) is 19.9 Å². The summed E-state index contributed by atoms with van der Waals surface area (Å²) in [5.41, 5.74) is 0.955. The molecular weight excluding hydrogens is 245 g/mol. The smallest absolute Gasteiger partial charge is 0.164 e. The zero-order valence-electron chi connectivity index (χ0n) is 11.6. The molecule has 0 saturated carbocycles. The van der Waals surface area contributed by atoms with Crippen LogP contribution in [-0.2, 0) is 12.1 Å². The molecule has 0 bridgehead atoms. The Morgan fingerprint density at radius 2 is 1.95 bits per heavy atom. The van der Waals surface area contributed by atoms with Gasteiger partial charge in [-0.3, -0.25) is 0 Å². The van der Waals surface area contributed by atoms with E-state index < -0.39 is 0 Å². The molecule has 0 amide bonds. The second kappa shape index (κ2) is 4.74. The third-order valence-corrected chi connectivity index (χ3v) is 2.97. The largest absolute Gasteiger partial charge is 0.388 e. The van der Waals surface area contributed by atoms with Crippen LogP contribution in [0.1, 0.15) is 32.2 Å². The van der Waals surface area contributed by atoms with E-state index in [-0.39, 0.29) is 18.0 Å². The second-order valence-electron chi connectivity index (χ2n) is 5.57. The van der Waals surface area contributed by atoms with E-state index in [9.17, 15) is 9.50 Å². The summed E-state index contributed by atoms with van der Waals surface area (Å²) < 4.78 is 15.5. The van der Waals surface area contributed by atoms with Crippen molar-refractivity contribution in [2.75, 3.05) is 0 Å². The van der Waals surface area contributed by atoms with Crippen molar-refractivity contribution in [2.24, 2.45) is 0 Å². The molecule has 0 fully saturated rings. The van der Waals surface area contributed by atoms with E-state index in [0.717, 1.165) is 0 Å². The maximum atomic E-state index is 13.7. The molecule has 4 nitrogen and oxygen atoms in total. The highest BCUT2D eigenvalue weighted by Crippen LogP contribution is 2.27. The first-order valence-corrected chi connectivity index (χ1v) is 6.16. The molecule has 19 heavy (non-hydrogen) atoms. The highest BCUT2D eigenvalue weighted by Gasteiger charge is 2.23. The fraction of sp³-hybridized carbons (Fsp3) is 0.429. The number of hydrogen-bond donors (Lipinski definition) is 1. The summed E-state index contributed by atoms with van der Waals surface area (Å²) >= 11 is 0. The molecule has 0 aliphatic rings. The van der Waals surface area contributed by atoms with Crippen molar-refractivity contribution in [2.45, 2.75) is 39.8 Å². The molecule has 0 aliphatic carbocycles. The van der Waals surface area contributed by atoms with Crippen LogP contribution in [0.25, 0.3) is 11.4 Å². The Hall–Kier alpha value is -1.75. The predicted molar refractivity (Wildman–Crippen MR) is 71.1 cm³/mol. The summed E-state index contributed by atoms with van der Waals surface area (Å²) in [6.07, 6.45) is 0. The minimum Gasteiger partial charge on any atom is -0.388 e. The Morgan fingerprint density at radius 1 is 1.26 bits per heavy atom. The topological polar surface area (TPSA) is 50.9 Å². The summed E-state index contributed by atoms with van der Waals surface area (Å²) in [6, 6.07) is 4.97. The summed E-state index contributed by atoms with van der Waals surface area (Å²) in [4.78, 5) is 0. The van der Waals surface area contributed by atoms with E-state index in [1.807, 2.05) is 31.4 Å². The molecule has 0 unspecified atom stereocenters. The van der Waals surface area contributed by atoms with Gasteiger partial charge in [-0.15, -0.1) is 10.2 Å². The van der Waals surface area contributed by atoms with Crippen molar-refractivity contribution < 1.29 is 9.50 Å². The number of aliphatic hydroxyl groups is 1. The van der Waals surface area contributed by atoms with Gasteiger partial charge < -0.3 is 9.67 Å². The van der Waals surface area contributed by atoms with Crippen LogP contribution < -0.4 is 0 Å². The van der Waals surface area contributed by atoms with Gasteiger partial charge in [0, 0.05) is 11.1 Å². The van der Waals surface area contributed by atoms with Gasteiger partial charge in [-0.2, -0.15) is 0 Å². The average molecular weight is 263 g/mol. The first kappa shape index (κ1) is 13.7. The number of aliphatic hydroxyl groups excluding tert-OH is 1. The van der Waals surface area contributed by atoms with Gasteiger partial charge in [-0.05, 0) is 39.3 Å². The van der Waals surface area contributed by atoms with Gasteiger partial charge in [0.1, 0.15) is 12.4 Å². The molecule has 0 aliphatic heterocycles. The number of halogens is 1. The number of aromatic nitrogens is 3. The third kappa shape index (κ3) is 2.51. The predicted octanol–water partition coefficient (Wildman–Crippen LogP) is 2.64. The number of aryl methyl sites for hydroxylation is 1. The van der Waals surface area contributed by atoms with E-state index in [1.165, 1.54) is 6.07 Å². The van der Waals surface area contributed by atoms with Crippen LogP contribution in [0.3, 0.4) is 0 Å². The normalized spacial score (nSPS) is 11.9. The van der Waals surface area contributed by atoms with Crippen molar-refractivity contribution in [1.29, 1.82) is 0 Å². The molecular formula is C14H18FN3O. The molecule has 102 valence electrons. The zero-order valence-corrected chi connectivity index (χ0v) is 11.6. The minimum atomic E-state index is -0.293. The van der Waals surface area contributed by atoms with Gasteiger partial charge in [-0.1, -0.05) is 12.1 Å². The third-order valence-electron chi connectivity index (χ3n) is 2.97. The molecule has 0 spiro atoms. The van der Waals surface area contributed by atoms with E-state index in [1.54, 1.807) is 13.0 Å². The van der Waals surface area contributed by atoms with Crippen LogP contribution >= 0.6 is 0 Å². The molecule has 2 aromatic rings. The summed E-state index contributed by atoms with van der Waals surface area (Å²) in [5.74, 6) is 0.769. The average Bonchev–Trinajstić information content (AvgIpc) is 2.76. The van der Waals surface area contributed by atoms with Crippen LogP contribution in [0.4, 0.5) is 4.39 Å². The van der Waals surface area contributed by atoms with Gasteiger partial charge in [0.25, 0.3) is 0 Å². The van der Waals surface area contributed by atoms with Crippen molar-refractivity contribution in [1.82, 2.24) is 14.8 Å². The first-order chi connectivity index (χ1) is 8.84. The minimum absolute atomic E-state index is 0.196. The van der Waals surface area contributed by atoms with E-state index in [0.29, 0.717) is 22.8 Å². The lowest BCUT2D eigenvalue weighted by Gasteiger charge is -2.24. The van der Waals surface area contributed by atoms with Crippen molar-refractivity contribution in [3.8, 4) is 11.4 Å². The molecule has 0 saturated heterocycles. The molecule has 1 N–H and O–H groups in total. The Bertz CT molecular complexity index is 599. The maximum absolute atomic E-state index is 13.7. The van der Waals surface area contributed by atoms with Crippen LogP contribution in [0.15, 0.2) is 18.2 Å². The van der Waals surface area contributed by atoms with Crippen LogP contribution in [0.2, 0.25) is 0 Å². The number of benzene rings is 1. The Balaban J connectivity index is 2.62. The quantitative estimate of drug-likeness (QED) is 0.906. The van der Waals surface area contributed by atoms with E-state index >= 15 is 0 Å². The van der Waals surface area contributed by atoms with Crippen LogP contribution in [0.5, 0.6) is 0 Å². The Labute approximate surface area is 111 Å². The molecule has 0 atom stereocenters. The van der Waals surface area contributed by atoms with Gasteiger partial charge in [0.15, 0.2) is 11.6 Å². The van der Waals surface area contributed by atoms with Gasteiger partial charge in [-0.25, -0.2) is 4.39 Å². The Morgan fingerprint density at radius 3 is 2.47 bits per heavy atom. The number of hydrogen-bond acceptors (Lipinski definition) is 3. The molecule has 1 heterocycles. The van der Waals surface area contributed by atoms with Crippen molar-refractivity contribution >= 4 is 0 Å². The molecule has 5 heteroatoms. The van der Waals surface area contributed by atoms with E-state index in [2.05, 4.69) is 10.2 Å². The monoisotopic (exact) mass is 263 g/mol. The number of nitrogens with zero attached hydrogens (tertiary/aromatic N) is 3. The molecule has 2 rings (SSSR count). The van der Waals surface area contributed by atoms with Crippen molar-refractivity contribution in [3.63, 3.8) is 0 Å². The van der Waals surface area contributed by atoms with Crippen LogP contribution in [0, 0.1) is 12.7 Å². The van der Waals surface area contributed by atoms with Gasteiger partial charge >= 0.3 is 0 Å². The molecule has 1 aromatic carbocycles. The fourth-order valence-corrected chi connectivity index (χ4v) is 2.04. The lowest BCUT2D eigenvalue weighted by Crippen LogP contribution is -2.25.